The lowest BCUT2D eigenvalue weighted by molar-refractivity contribution is -0.123. The first-order valence-electron chi connectivity index (χ1n) is 8.31. The third-order valence-electron chi connectivity index (χ3n) is 4.61. The van der Waals surface area contributed by atoms with Crippen molar-refractivity contribution in [3.63, 3.8) is 0 Å². The van der Waals surface area contributed by atoms with E-state index in [1.165, 1.54) is 37.0 Å². The molecule has 0 aromatic carbocycles. The molecular weight excluding hydrogens is 294 g/mol. The molecule has 2 unspecified atom stereocenters. The predicted molar refractivity (Wildman–Crippen MR) is 92.9 cm³/mol. The SMILES string of the molecule is CN(C)C(CNC(=O)C(N)CC1CCCCC1)c1cccs1. The zero-order valence-electron chi connectivity index (χ0n) is 13.8. The minimum atomic E-state index is -0.366. The third-order valence-corrected chi connectivity index (χ3v) is 5.59. The maximum atomic E-state index is 12.3. The second kappa shape index (κ2) is 8.65. The van der Waals surface area contributed by atoms with Crippen LogP contribution in [-0.2, 0) is 4.79 Å². The largest absolute Gasteiger partial charge is 0.353 e. The normalized spacial score (nSPS) is 19.1. The molecule has 1 heterocycles. The summed E-state index contributed by atoms with van der Waals surface area (Å²) in [7, 11) is 4.08. The molecule has 1 saturated carbocycles. The van der Waals surface area contributed by atoms with E-state index in [1.807, 2.05) is 20.2 Å². The Morgan fingerprint density at radius 3 is 2.73 bits per heavy atom. The number of nitrogens with one attached hydrogen (secondary N) is 1. The first-order chi connectivity index (χ1) is 10.6. The summed E-state index contributed by atoms with van der Waals surface area (Å²) < 4.78 is 0. The fraction of sp³-hybridized carbons (Fsp3) is 0.706. The van der Waals surface area contributed by atoms with Crippen LogP contribution in [0.1, 0.15) is 49.4 Å². The van der Waals surface area contributed by atoms with Gasteiger partial charge in [-0.3, -0.25) is 4.79 Å². The quantitative estimate of drug-likeness (QED) is 0.811. The van der Waals surface area contributed by atoms with Crippen LogP contribution in [0.3, 0.4) is 0 Å². The highest BCUT2D eigenvalue weighted by molar-refractivity contribution is 7.10. The number of likely N-dealkylation sites (N-methyl/N-ethyl adjacent to an activating group) is 1. The lowest BCUT2D eigenvalue weighted by atomic mass is 9.85. The van der Waals surface area contributed by atoms with Gasteiger partial charge in [0.15, 0.2) is 0 Å². The summed E-state index contributed by atoms with van der Waals surface area (Å²) in [5, 5.41) is 5.11. The number of nitrogens with zero attached hydrogens (tertiary/aromatic N) is 1. The van der Waals surface area contributed by atoms with Gasteiger partial charge in [0, 0.05) is 11.4 Å². The average molecular weight is 324 g/mol. The molecule has 2 rings (SSSR count). The zero-order valence-corrected chi connectivity index (χ0v) is 14.6. The van der Waals surface area contributed by atoms with E-state index in [0.717, 1.165) is 6.42 Å². The van der Waals surface area contributed by atoms with Crippen molar-refractivity contribution in [1.29, 1.82) is 0 Å². The number of hydrogen-bond donors (Lipinski definition) is 2. The molecule has 124 valence electrons. The minimum absolute atomic E-state index is 0.00557. The lowest BCUT2D eigenvalue weighted by Gasteiger charge is -2.26. The van der Waals surface area contributed by atoms with Crippen molar-refractivity contribution < 1.29 is 4.79 Å². The van der Waals surface area contributed by atoms with Crippen LogP contribution >= 0.6 is 11.3 Å². The van der Waals surface area contributed by atoms with E-state index < -0.39 is 0 Å². The molecule has 1 amide bonds. The Morgan fingerprint density at radius 1 is 1.41 bits per heavy atom. The summed E-state index contributed by atoms with van der Waals surface area (Å²) in [5.74, 6) is 0.630. The molecule has 0 aliphatic heterocycles. The fourth-order valence-corrected chi connectivity index (χ4v) is 4.16. The van der Waals surface area contributed by atoms with E-state index in [0.29, 0.717) is 12.5 Å². The molecule has 1 fully saturated rings. The first-order valence-corrected chi connectivity index (χ1v) is 9.19. The van der Waals surface area contributed by atoms with Gasteiger partial charge in [-0.05, 0) is 37.9 Å². The number of hydrogen-bond acceptors (Lipinski definition) is 4. The first kappa shape index (κ1) is 17.4. The molecule has 0 saturated heterocycles. The van der Waals surface area contributed by atoms with Gasteiger partial charge in [-0.2, -0.15) is 0 Å². The van der Waals surface area contributed by atoms with E-state index in [9.17, 15) is 4.79 Å². The minimum Gasteiger partial charge on any atom is -0.353 e. The molecule has 2 atom stereocenters. The van der Waals surface area contributed by atoms with Crippen molar-refractivity contribution in [3.8, 4) is 0 Å². The summed E-state index contributed by atoms with van der Waals surface area (Å²) in [5.41, 5.74) is 6.11. The summed E-state index contributed by atoms with van der Waals surface area (Å²) in [6.07, 6.45) is 7.22. The van der Waals surface area contributed by atoms with Crippen LogP contribution in [0, 0.1) is 5.92 Å². The Hall–Kier alpha value is -0.910. The van der Waals surface area contributed by atoms with Crippen LogP contribution in [0.15, 0.2) is 17.5 Å². The number of carbonyl (C=O) groups excluding carboxylic acids is 1. The highest BCUT2D eigenvalue weighted by atomic mass is 32.1. The van der Waals surface area contributed by atoms with Crippen LogP contribution in [0.4, 0.5) is 0 Å². The van der Waals surface area contributed by atoms with E-state index >= 15 is 0 Å². The Balaban J connectivity index is 1.80. The van der Waals surface area contributed by atoms with Gasteiger partial charge in [0.2, 0.25) is 5.91 Å². The van der Waals surface area contributed by atoms with Crippen LogP contribution in [0.5, 0.6) is 0 Å². The summed E-state index contributed by atoms with van der Waals surface area (Å²) in [6, 6.07) is 4.01. The van der Waals surface area contributed by atoms with Crippen molar-refractivity contribution >= 4 is 17.2 Å². The summed E-state index contributed by atoms with van der Waals surface area (Å²) >= 11 is 1.72. The predicted octanol–water partition coefficient (Wildman–Crippen LogP) is 2.76. The molecule has 0 bridgehead atoms. The van der Waals surface area contributed by atoms with Gasteiger partial charge in [-0.25, -0.2) is 0 Å². The monoisotopic (exact) mass is 323 g/mol. The molecule has 0 spiro atoms. The van der Waals surface area contributed by atoms with Gasteiger partial charge in [0.05, 0.1) is 12.1 Å². The molecule has 3 N–H and O–H groups in total. The molecule has 5 heteroatoms. The smallest absolute Gasteiger partial charge is 0.236 e. The molecule has 1 aromatic heterocycles. The van der Waals surface area contributed by atoms with E-state index in [2.05, 4.69) is 21.7 Å². The van der Waals surface area contributed by atoms with Crippen molar-refractivity contribution in [2.45, 2.75) is 50.6 Å². The third kappa shape index (κ3) is 5.07. The Morgan fingerprint density at radius 2 is 2.14 bits per heavy atom. The topological polar surface area (TPSA) is 58.4 Å². The Bertz CT molecular complexity index is 441. The average Bonchev–Trinajstić information content (AvgIpc) is 3.02. The molecule has 22 heavy (non-hydrogen) atoms. The molecule has 1 aliphatic carbocycles. The van der Waals surface area contributed by atoms with Crippen molar-refractivity contribution in [1.82, 2.24) is 10.2 Å². The van der Waals surface area contributed by atoms with Gasteiger partial charge in [-0.1, -0.05) is 38.2 Å². The van der Waals surface area contributed by atoms with Crippen LogP contribution in [-0.4, -0.2) is 37.5 Å². The Labute approximate surface area is 138 Å². The highest BCUT2D eigenvalue weighted by Gasteiger charge is 2.22. The van der Waals surface area contributed by atoms with Crippen LogP contribution in [0.25, 0.3) is 0 Å². The summed E-state index contributed by atoms with van der Waals surface area (Å²) in [4.78, 5) is 15.7. The van der Waals surface area contributed by atoms with Gasteiger partial charge < -0.3 is 16.0 Å². The second-order valence-corrected chi connectivity index (χ2v) is 7.57. The number of amides is 1. The van der Waals surface area contributed by atoms with Crippen LogP contribution in [0.2, 0.25) is 0 Å². The number of carbonyl (C=O) groups is 1. The van der Waals surface area contributed by atoms with E-state index in [4.69, 9.17) is 5.73 Å². The van der Waals surface area contributed by atoms with E-state index in [-0.39, 0.29) is 18.0 Å². The standard InChI is InChI=1S/C17H29N3OS/c1-20(2)15(16-9-6-10-22-16)12-19-17(21)14(18)11-13-7-4-3-5-8-13/h6,9-10,13-15H,3-5,7-8,11-12,18H2,1-2H3,(H,19,21). The number of nitrogens with two attached hydrogens (primary N) is 1. The second-order valence-electron chi connectivity index (χ2n) is 6.59. The number of rotatable bonds is 7. The maximum absolute atomic E-state index is 12.3. The summed E-state index contributed by atoms with van der Waals surface area (Å²) in [6.45, 7) is 0.616. The molecule has 1 aliphatic rings. The lowest BCUT2D eigenvalue weighted by Crippen LogP contribution is -2.44. The fourth-order valence-electron chi connectivity index (χ4n) is 3.24. The molecule has 4 nitrogen and oxygen atoms in total. The molecule has 1 aromatic rings. The molecular formula is C17H29N3OS. The van der Waals surface area contributed by atoms with E-state index in [1.54, 1.807) is 11.3 Å². The highest BCUT2D eigenvalue weighted by Crippen LogP contribution is 2.27. The number of thiophene rings is 1. The zero-order chi connectivity index (χ0) is 15.9. The van der Waals surface area contributed by atoms with Gasteiger partial charge >= 0.3 is 0 Å². The Kier molecular flexibility index (Phi) is 6.86. The van der Waals surface area contributed by atoms with Crippen molar-refractivity contribution in [3.05, 3.63) is 22.4 Å². The van der Waals surface area contributed by atoms with Crippen molar-refractivity contribution in [2.75, 3.05) is 20.6 Å². The maximum Gasteiger partial charge on any atom is 0.236 e. The van der Waals surface area contributed by atoms with Crippen LogP contribution < -0.4 is 11.1 Å². The van der Waals surface area contributed by atoms with Crippen molar-refractivity contribution in [2.24, 2.45) is 11.7 Å². The molecule has 0 radical (unpaired) electrons. The van der Waals surface area contributed by atoms with Gasteiger partial charge in [0.25, 0.3) is 0 Å². The van der Waals surface area contributed by atoms with Gasteiger partial charge in [-0.15, -0.1) is 11.3 Å². The van der Waals surface area contributed by atoms with Gasteiger partial charge in [0.1, 0.15) is 0 Å².